The van der Waals surface area contributed by atoms with Crippen molar-refractivity contribution in [1.29, 1.82) is 0 Å². The van der Waals surface area contributed by atoms with E-state index in [0.717, 1.165) is 23.4 Å². The zero-order valence-corrected chi connectivity index (χ0v) is 11.0. The van der Waals surface area contributed by atoms with Gasteiger partial charge in [0.1, 0.15) is 0 Å². The molecule has 2 fully saturated rings. The minimum Gasteiger partial charge on any atom is -0.316 e. The highest BCUT2D eigenvalue weighted by molar-refractivity contribution is 6.31. The second-order valence-corrected chi connectivity index (χ2v) is 5.87. The molecule has 1 aromatic carbocycles. The number of benzene rings is 1. The summed E-state index contributed by atoms with van der Waals surface area (Å²) in [6.07, 6.45) is 0. The van der Waals surface area contributed by atoms with Gasteiger partial charge in [0.15, 0.2) is 0 Å². The second kappa shape index (κ2) is 4.60. The van der Waals surface area contributed by atoms with Crippen LogP contribution in [-0.4, -0.2) is 31.1 Å². The van der Waals surface area contributed by atoms with Crippen LogP contribution in [0.2, 0.25) is 5.02 Å². The van der Waals surface area contributed by atoms with Gasteiger partial charge < -0.3 is 5.32 Å². The number of hydrogen-bond acceptors (Lipinski definition) is 2. The first-order valence-corrected chi connectivity index (χ1v) is 6.78. The molecular formula is C14H19ClN2. The van der Waals surface area contributed by atoms with Crippen LogP contribution in [0.3, 0.4) is 0 Å². The molecule has 3 heteroatoms. The summed E-state index contributed by atoms with van der Waals surface area (Å²) in [6.45, 7) is 7.93. The van der Waals surface area contributed by atoms with Crippen LogP contribution >= 0.6 is 11.6 Å². The van der Waals surface area contributed by atoms with E-state index in [9.17, 15) is 0 Å². The monoisotopic (exact) mass is 250 g/mol. The third kappa shape index (κ3) is 2.35. The predicted molar refractivity (Wildman–Crippen MR) is 71.3 cm³/mol. The van der Waals surface area contributed by atoms with Crippen LogP contribution in [-0.2, 0) is 6.54 Å². The standard InChI is InChI=1S/C14H19ClN2/c1-10-2-3-11(14(15)4-10)7-17-8-12-5-16-6-13(12)9-17/h2-4,12-13,16H,5-9H2,1H3. The average molecular weight is 251 g/mol. The molecule has 2 nitrogen and oxygen atoms in total. The Bertz CT molecular complexity index is 407. The van der Waals surface area contributed by atoms with Crippen LogP contribution in [0.4, 0.5) is 0 Å². The van der Waals surface area contributed by atoms with Crippen molar-refractivity contribution in [2.24, 2.45) is 11.8 Å². The molecule has 0 radical (unpaired) electrons. The van der Waals surface area contributed by atoms with Crippen molar-refractivity contribution in [3.05, 3.63) is 34.3 Å². The van der Waals surface area contributed by atoms with Gasteiger partial charge in [0.2, 0.25) is 0 Å². The Morgan fingerprint density at radius 1 is 1.29 bits per heavy atom. The molecule has 2 aliphatic rings. The molecule has 0 spiro atoms. The molecule has 0 saturated carbocycles. The summed E-state index contributed by atoms with van der Waals surface area (Å²) >= 11 is 6.29. The summed E-state index contributed by atoms with van der Waals surface area (Å²) in [5.74, 6) is 1.72. The lowest BCUT2D eigenvalue weighted by atomic mass is 10.0. The van der Waals surface area contributed by atoms with Gasteiger partial charge in [-0.1, -0.05) is 23.7 Å². The molecule has 0 aromatic heterocycles. The van der Waals surface area contributed by atoms with E-state index >= 15 is 0 Å². The van der Waals surface area contributed by atoms with Crippen LogP contribution in [0.15, 0.2) is 18.2 Å². The van der Waals surface area contributed by atoms with E-state index in [2.05, 4.69) is 35.3 Å². The molecule has 2 saturated heterocycles. The fourth-order valence-electron chi connectivity index (χ4n) is 3.10. The SMILES string of the molecule is Cc1ccc(CN2CC3CNCC3C2)c(Cl)c1. The first-order chi connectivity index (χ1) is 8.22. The molecule has 0 aliphatic carbocycles. The molecule has 0 amide bonds. The topological polar surface area (TPSA) is 15.3 Å². The zero-order valence-electron chi connectivity index (χ0n) is 10.2. The molecular weight excluding hydrogens is 232 g/mol. The summed E-state index contributed by atoms with van der Waals surface area (Å²) in [5, 5.41) is 4.39. The summed E-state index contributed by atoms with van der Waals surface area (Å²) in [6, 6.07) is 6.39. The van der Waals surface area contributed by atoms with Crippen LogP contribution in [0.5, 0.6) is 0 Å². The largest absolute Gasteiger partial charge is 0.316 e. The maximum absolute atomic E-state index is 6.29. The van der Waals surface area contributed by atoms with Crippen molar-refractivity contribution >= 4 is 11.6 Å². The Morgan fingerprint density at radius 2 is 2.00 bits per heavy atom. The number of halogens is 1. The zero-order chi connectivity index (χ0) is 11.8. The van der Waals surface area contributed by atoms with Gasteiger partial charge in [-0.25, -0.2) is 0 Å². The molecule has 2 aliphatic heterocycles. The molecule has 17 heavy (non-hydrogen) atoms. The lowest BCUT2D eigenvalue weighted by Gasteiger charge is -2.18. The number of likely N-dealkylation sites (tertiary alicyclic amines) is 1. The van der Waals surface area contributed by atoms with Crippen molar-refractivity contribution in [3.63, 3.8) is 0 Å². The number of nitrogens with one attached hydrogen (secondary N) is 1. The van der Waals surface area contributed by atoms with E-state index in [-0.39, 0.29) is 0 Å². The highest BCUT2D eigenvalue weighted by Gasteiger charge is 2.35. The third-order valence-corrected chi connectivity index (χ3v) is 4.42. The number of fused-ring (bicyclic) bond motifs is 1. The summed E-state index contributed by atoms with van der Waals surface area (Å²) in [7, 11) is 0. The van der Waals surface area contributed by atoms with Gasteiger partial charge >= 0.3 is 0 Å². The van der Waals surface area contributed by atoms with Crippen LogP contribution < -0.4 is 5.32 Å². The van der Waals surface area contributed by atoms with Crippen molar-refractivity contribution in [3.8, 4) is 0 Å². The smallest absolute Gasteiger partial charge is 0.0453 e. The first kappa shape index (κ1) is 11.5. The molecule has 0 bridgehead atoms. The van der Waals surface area contributed by atoms with Gasteiger partial charge in [0.05, 0.1) is 0 Å². The van der Waals surface area contributed by atoms with Crippen molar-refractivity contribution < 1.29 is 0 Å². The molecule has 1 aromatic rings. The Balaban J connectivity index is 1.67. The Labute approximate surface area is 108 Å². The summed E-state index contributed by atoms with van der Waals surface area (Å²) in [4.78, 5) is 2.55. The van der Waals surface area contributed by atoms with Gasteiger partial charge in [0.25, 0.3) is 0 Å². The van der Waals surface area contributed by atoms with Crippen molar-refractivity contribution in [2.75, 3.05) is 26.2 Å². The lowest BCUT2D eigenvalue weighted by molar-refractivity contribution is 0.305. The van der Waals surface area contributed by atoms with E-state index < -0.39 is 0 Å². The van der Waals surface area contributed by atoms with E-state index in [1.165, 1.54) is 37.3 Å². The minimum atomic E-state index is 0.860. The number of hydrogen-bond donors (Lipinski definition) is 1. The maximum atomic E-state index is 6.29. The summed E-state index contributed by atoms with van der Waals surface area (Å²) < 4.78 is 0. The average Bonchev–Trinajstić information content (AvgIpc) is 2.82. The van der Waals surface area contributed by atoms with Crippen LogP contribution in [0, 0.1) is 18.8 Å². The minimum absolute atomic E-state index is 0.860. The van der Waals surface area contributed by atoms with Crippen molar-refractivity contribution in [2.45, 2.75) is 13.5 Å². The fraction of sp³-hybridized carbons (Fsp3) is 0.571. The molecule has 2 atom stereocenters. The Hall–Kier alpha value is -0.570. The van der Waals surface area contributed by atoms with Gasteiger partial charge in [-0.05, 0) is 49.0 Å². The lowest BCUT2D eigenvalue weighted by Crippen LogP contribution is -2.25. The maximum Gasteiger partial charge on any atom is 0.0453 e. The van der Waals surface area contributed by atoms with E-state index in [1.54, 1.807) is 0 Å². The molecule has 1 N–H and O–H groups in total. The second-order valence-electron chi connectivity index (χ2n) is 5.47. The van der Waals surface area contributed by atoms with Gasteiger partial charge in [-0.2, -0.15) is 0 Å². The van der Waals surface area contributed by atoms with E-state index in [1.807, 2.05) is 0 Å². The van der Waals surface area contributed by atoms with Crippen LogP contribution in [0.1, 0.15) is 11.1 Å². The fourth-order valence-corrected chi connectivity index (χ4v) is 3.40. The van der Waals surface area contributed by atoms with Gasteiger partial charge in [0, 0.05) is 24.7 Å². The quantitative estimate of drug-likeness (QED) is 0.867. The number of nitrogens with zero attached hydrogens (tertiary/aromatic N) is 1. The van der Waals surface area contributed by atoms with E-state index in [4.69, 9.17) is 11.6 Å². The van der Waals surface area contributed by atoms with E-state index in [0.29, 0.717) is 0 Å². The molecule has 3 rings (SSSR count). The normalized spacial score (nSPS) is 28.6. The highest BCUT2D eigenvalue weighted by atomic mass is 35.5. The Kier molecular flexibility index (Phi) is 3.12. The summed E-state index contributed by atoms with van der Waals surface area (Å²) in [5.41, 5.74) is 2.51. The molecule has 92 valence electrons. The Morgan fingerprint density at radius 3 is 2.65 bits per heavy atom. The third-order valence-electron chi connectivity index (χ3n) is 4.07. The van der Waals surface area contributed by atoms with Crippen LogP contribution in [0.25, 0.3) is 0 Å². The highest BCUT2D eigenvalue weighted by Crippen LogP contribution is 2.28. The predicted octanol–water partition coefficient (Wildman–Crippen LogP) is 2.30. The molecule has 2 unspecified atom stereocenters. The number of rotatable bonds is 2. The first-order valence-electron chi connectivity index (χ1n) is 6.40. The van der Waals surface area contributed by atoms with Gasteiger partial charge in [-0.3, -0.25) is 4.90 Å². The van der Waals surface area contributed by atoms with Gasteiger partial charge in [-0.15, -0.1) is 0 Å². The van der Waals surface area contributed by atoms with Crippen molar-refractivity contribution in [1.82, 2.24) is 10.2 Å². The number of aryl methyl sites for hydroxylation is 1. The molecule has 2 heterocycles.